The zero-order valence-corrected chi connectivity index (χ0v) is 14.3. The lowest BCUT2D eigenvalue weighted by Gasteiger charge is -2.19. The van der Waals surface area contributed by atoms with Gasteiger partial charge in [0, 0.05) is 35.7 Å². The van der Waals surface area contributed by atoms with E-state index in [4.69, 9.17) is 4.42 Å². The van der Waals surface area contributed by atoms with E-state index < -0.39 is 0 Å². The number of anilines is 1. The predicted molar refractivity (Wildman–Crippen MR) is 96.0 cm³/mol. The molecule has 1 amide bonds. The van der Waals surface area contributed by atoms with Crippen LogP contribution in [0.15, 0.2) is 63.5 Å². The average molecular weight is 373 g/mol. The largest absolute Gasteiger partial charge is 0.451 e. The van der Waals surface area contributed by atoms with Gasteiger partial charge in [-0.3, -0.25) is 4.79 Å². The van der Waals surface area contributed by atoms with E-state index in [0.29, 0.717) is 17.9 Å². The van der Waals surface area contributed by atoms with Gasteiger partial charge in [0.25, 0.3) is 5.91 Å². The Morgan fingerprint density at radius 3 is 2.74 bits per heavy atom. The monoisotopic (exact) mass is 372 g/mol. The van der Waals surface area contributed by atoms with Gasteiger partial charge in [-0.05, 0) is 36.4 Å². The molecule has 118 valence electrons. The molecule has 1 aromatic heterocycles. The fourth-order valence-corrected chi connectivity index (χ4v) is 2.74. The smallest absolute Gasteiger partial charge is 0.287 e. The highest BCUT2D eigenvalue weighted by atomic mass is 79.9. The van der Waals surface area contributed by atoms with Crippen molar-refractivity contribution in [2.24, 2.45) is 0 Å². The average Bonchev–Trinajstić information content (AvgIpc) is 2.98. The number of para-hydroxylation sites is 1. The highest BCUT2D eigenvalue weighted by Crippen LogP contribution is 2.23. The molecule has 0 aliphatic carbocycles. The Balaban J connectivity index is 1.58. The molecule has 4 nitrogen and oxygen atoms in total. The predicted octanol–water partition coefficient (Wildman–Crippen LogP) is 4.06. The second-order valence-corrected chi connectivity index (χ2v) is 6.22. The quantitative estimate of drug-likeness (QED) is 0.734. The number of amides is 1. The van der Waals surface area contributed by atoms with Crippen LogP contribution in [0.2, 0.25) is 0 Å². The van der Waals surface area contributed by atoms with E-state index >= 15 is 0 Å². The van der Waals surface area contributed by atoms with E-state index in [1.54, 1.807) is 6.07 Å². The molecule has 0 unspecified atom stereocenters. The summed E-state index contributed by atoms with van der Waals surface area (Å²) in [5, 5.41) is 3.80. The van der Waals surface area contributed by atoms with Gasteiger partial charge >= 0.3 is 0 Å². The van der Waals surface area contributed by atoms with E-state index in [-0.39, 0.29) is 5.91 Å². The molecule has 0 saturated carbocycles. The van der Waals surface area contributed by atoms with Crippen LogP contribution in [-0.4, -0.2) is 26.0 Å². The molecule has 23 heavy (non-hydrogen) atoms. The van der Waals surface area contributed by atoms with Crippen LogP contribution in [-0.2, 0) is 0 Å². The van der Waals surface area contributed by atoms with Crippen molar-refractivity contribution in [3.05, 3.63) is 64.8 Å². The first kappa shape index (κ1) is 15.6. The summed E-state index contributed by atoms with van der Waals surface area (Å²) < 4.78 is 6.54. The minimum atomic E-state index is -0.196. The maximum Gasteiger partial charge on any atom is 0.287 e. The molecule has 1 N–H and O–H groups in total. The summed E-state index contributed by atoms with van der Waals surface area (Å²) in [5.41, 5.74) is 1.83. The van der Waals surface area contributed by atoms with E-state index in [1.807, 2.05) is 55.6 Å². The summed E-state index contributed by atoms with van der Waals surface area (Å²) in [6.07, 6.45) is 0. The molecule has 0 bridgehead atoms. The number of hydrogen-bond donors (Lipinski definition) is 1. The topological polar surface area (TPSA) is 45.5 Å². The first-order valence-corrected chi connectivity index (χ1v) is 8.16. The van der Waals surface area contributed by atoms with Crippen molar-refractivity contribution in [1.29, 1.82) is 0 Å². The van der Waals surface area contributed by atoms with Crippen molar-refractivity contribution in [2.75, 3.05) is 25.0 Å². The molecule has 0 fully saturated rings. The molecule has 0 saturated heterocycles. The SMILES string of the molecule is CN(CCNC(=O)c1cc2cc(Br)ccc2o1)c1ccccc1. The van der Waals surface area contributed by atoms with Gasteiger partial charge in [0.2, 0.25) is 0 Å². The number of carbonyl (C=O) groups is 1. The van der Waals surface area contributed by atoms with Gasteiger partial charge in [-0.1, -0.05) is 34.1 Å². The second-order valence-electron chi connectivity index (χ2n) is 5.31. The maximum absolute atomic E-state index is 12.2. The molecule has 0 spiro atoms. The number of nitrogens with one attached hydrogen (secondary N) is 1. The van der Waals surface area contributed by atoms with Gasteiger partial charge in [0.05, 0.1) is 0 Å². The van der Waals surface area contributed by atoms with Crippen molar-refractivity contribution in [3.8, 4) is 0 Å². The summed E-state index contributed by atoms with van der Waals surface area (Å²) in [6, 6.07) is 17.5. The molecule has 3 rings (SSSR count). The van der Waals surface area contributed by atoms with Crippen LogP contribution < -0.4 is 10.2 Å². The normalized spacial score (nSPS) is 10.7. The number of rotatable bonds is 5. The van der Waals surface area contributed by atoms with Gasteiger partial charge in [-0.25, -0.2) is 0 Å². The fraction of sp³-hybridized carbons (Fsp3) is 0.167. The van der Waals surface area contributed by atoms with Crippen molar-refractivity contribution in [3.63, 3.8) is 0 Å². The minimum Gasteiger partial charge on any atom is -0.451 e. The highest BCUT2D eigenvalue weighted by molar-refractivity contribution is 9.10. The number of benzene rings is 2. The Kier molecular flexibility index (Phi) is 4.67. The van der Waals surface area contributed by atoms with E-state index in [1.165, 1.54) is 0 Å². The maximum atomic E-state index is 12.2. The number of furan rings is 1. The van der Waals surface area contributed by atoms with E-state index in [2.05, 4.69) is 26.1 Å². The Morgan fingerprint density at radius 1 is 1.17 bits per heavy atom. The molecule has 1 heterocycles. The summed E-state index contributed by atoms with van der Waals surface area (Å²) in [7, 11) is 2.00. The number of nitrogens with zero attached hydrogens (tertiary/aromatic N) is 1. The lowest BCUT2D eigenvalue weighted by Crippen LogP contribution is -2.32. The molecule has 0 radical (unpaired) electrons. The standard InChI is InChI=1S/C18H17BrN2O2/c1-21(15-5-3-2-4-6-15)10-9-20-18(22)17-12-13-11-14(19)7-8-16(13)23-17/h2-8,11-12H,9-10H2,1H3,(H,20,22). The Labute approximate surface area is 143 Å². The lowest BCUT2D eigenvalue weighted by atomic mass is 10.2. The number of likely N-dealkylation sites (N-methyl/N-ethyl adjacent to an activating group) is 1. The van der Waals surface area contributed by atoms with Crippen LogP contribution >= 0.6 is 15.9 Å². The van der Waals surface area contributed by atoms with Gasteiger partial charge in [-0.2, -0.15) is 0 Å². The molecule has 0 aliphatic heterocycles. The molecule has 0 atom stereocenters. The molecular weight excluding hydrogens is 356 g/mol. The summed E-state index contributed by atoms with van der Waals surface area (Å²) in [6.45, 7) is 1.27. The van der Waals surface area contributed by atoms with Crippen molar-refractivity contribution in [2.45, 2.75) is 0 Å². The number of carbonyl (C=O) groups excluding carboxylic acids is 1. The summed E-state index contributed by atoms with van der Waals surface area (Å²) in [4.78, 5) is 14.3. The van der Waals surface area contributed by atoms with Crippen molar-refractivity contribution < 1.29 is 9.21 Å². The van der Waals surface area contributed by atoms with Crippen LogP contribution in [0.25, 0.3) is 11.0 Å². The zero-order valence-electron chi connectivity index (χ0n) is 12.8. The number of halogens is 1. The van der Waals surface area contributed by atoms with Crippen LogP contribution in [0.1, 0.15) is 10.6 Å². The zero-order chi connectivity index (χ0) is 16.2. The Hall–Kier alpha value is -2.27. The van der Waals surface area contributed by atoms with Crippen LogP contribution in [0.3, 0.4) is 0 Å². The fourth-order valence-electron chi connectivity index (χ4n) is 2.36. The van der Waals surface area contributed by atoms with Gasteiger partial charge in [-0.15, -0.1) is 0 Å². The number of fused-ring (bicyclic) bond motifs is 1. The van der Waals surface area contributed by atoms with Crippen molar-refractivity contribution in [1.82, 2.24) is 5.32 Å². The Bertz CT molecular complexity index is 814. The number of hydrogen-bond acceptors (Lipinski definition) is 3. The summed E-state index contributed by atoms with van der Waals surface area (Å²) >= 11 is 3.41. The minimum absolute atomic E-state index is 0.196. The van der Waals surface area contributed by atoms with Crippen LogP contribution in [0.5, 0.6) is 0 Å². The molecular formula is C18H17BrN2O2. The van der Waals surface area contributed by atoms with Gasteiger partial charge < -0.3 is 14.6 Å². The Morgan fingerprint density at radius 2 is 1.96 bits per heavy atom. The van der Waals surface area contributed by atoms with Gasteiger partial charge in [0.1, 0.15) is 5.58 Å². The van der Waals surface area contributed by atoms with Crippen LogP contribution in [0.4, 0.5) is 5.69 Å². The van der Waals surface area contributed by atoms with Gasteiger partial charge in [0.15, 0.2) is 5.76 Å². The van der Waals surface area contributed by atoms with Crippen molar-refractivity contribution >= 4 is 38.5 Å². The van der Waals surface area contributed by atoms with Crippen LogP contribution in [0, 0.1) is 0 Å². The molecule has 3 aromatic rings. The third-order valence-electron chi connectivity index (χ3n) is 3.63. The van der Waals surface area contributed by atoms with E-state index in [0.717, 1.165) is 22.1 Å². The third-order valence-corrected chi connectivity index (χ3v) is 4.13. The molecule has 2 aromatic carbocycles. The first-order valence-electron chi connectivity index (χ1n) is 7.37. The molecule has 0 aliphatic rings. The summed E-state index contributed by atoms with van der Waals surface area (Å²) in [5.74, 6) is 0.138. The lowest BCUT2D eigenvalue weighted by molar-refractivity contribution is 0.0929. The highest BCUT2D eigenvalue weighted by Gasteiger charge is 2.12. The third kappa shape index (κ3) is 3.74. The van der Waals surface area contributed by atoms with E-state index in [9.17, 15) is 4.79 Å². The first-order chi connectivity index (χ1) is 11.1. The molecule has 5 heteroatoms. The second kappa shape index (κ2) is 6.87.